The molecule has 1 amide bonds. The Labute approximate surface area is 165 Å². The van der Waals surface area contributed by atoms with Crippen LogP contribution in [0.1, 0.15) is 20.8 Å². The minimum atomic E-state index is -0.550. The predicted octanol–water partition coefficient (Wildman–Crippen LogP) is 1.26. The molecule has 9 heteroatoms. The zero-order chi connectivity index (χ0) is 20.0. The Kier molecular flexibility index (Phi) is 4.54. The first-order valence-corrected chi connectivity index (χ1v) is 9.84. The number of aromatic amines is 1. The van der Waals surface area contributed by atoms with E-state index in [1.54, 1.807) is 4.90 Å². The van der Waals surface area contributed by atoms with Crippen LogP contribution < -0.4 is 16.1 Å². The van der Waals surface area contributed by atoms with E-state index in [4.69, 9.17) is 0 Å². The van der Waals surface area contributed by atoms with Gasteiger partial charge in [0.1, 0.15) is 4.88 Å². The van der Waals surface area contributed by atoms with Gasteiger partial charge in [0.25, 0.3) is 11.5 Å². The summed E-state index contributed by atoms with van der Waals surface area (Å²) >= 11 is 0.959. The summed E-state index contributed by atoms with van der Waals surface area (Å²) < 4.78 is 5.06. The van der Waals surface area contributed by atoms with Gasteiger partial charge in [-0.1, -0.05) is 12.1 Å². The van der Waals surface area contributed by atoms with Gasteiger partial charge in [-0.2, -0.15) is 4.37 Å². The van der Waals surface area contributed by atoms with Gasteiger partial charge in [-0.05, 0) is 42.6 Å². The molecule has 1 aliphatic heterocycles. The highest BCUT2D eigenvalue weighted by atomic mass is 32.1. The SMILES string of the molecule is Cc1ccc(C)c(N2CCN(C(=O)c3snc4c(=O)n(C)c(=O)[nH]c34)CC2)c1. The third-order valence-electron chi connectivity index (χ3n) is 5.20. The van der Waals surface area contributed by atoms with E-state index in [0.717, 1.165) is 29.2 Å². The average Bonchev–Trinajstić information content (AvgIpc) is 3.11. The lowest BCUT2D eigenvalue weighted by Crippen LogP contribution is -2.49. The van der Waals surface area contributed by atoms with Crippen LogP contribution in [0.3, 0.4) is 0 Å². The molecule has 0 saturated carbocycles. The Morgan fingerprint density at radius 2 is 1.86 bits per heavy atom. The summed E-state index contributed by atoms with van der Waals surface area (Å²) in [5.74, 6) is -0.197. The van der Waals surface area contributed by atoms with E-state index in [0.29, 0.717) is 18.0 Å². The lowest BCUT2D eigenvalue weighted by Gasteiger charge is -2.36. The van der Waals surface area contributed by atoms with Crippen molar-refractivity contribution in [3.05, 3.63) is 55.0 Å². The van der Waals surface area contributed by atoms with Crippen molar-refractivity contribution in [1.29, 1.82) is 0 Å². The highest BCUT2D eigenvalue weighted by molar-refractivity contribution is 7.09. The molecule has 4 rings (SSSR count). The molecule has 1 aromatic carbocycles. The lowest BCUT2D eigenvalue weighted by molar-refractivity contribution is 0.0753. The summed E-state index contributed by atoms with van der Waals surface area (Å²) in [4.78, 5) is 44.0. The first kappa shape index (κ1) is 18.4. The van der Waals surface area contributed by atoms with Crippen LogP contribution >= 0.6 is 11.5 Å². The zero-order valence-corrected chi connectivity index (χ0v) is 16.8. The number of benzene rings is 1. The number of carbonyl (C=O) groups is 1. The van der Waals surface area contributed by atoms with Gasteiger partial charge in [0.05, 0.1) is 5.52 Å². The van der Waals surface area contributed by atoms with Crippen LogP contribution in [0.15, 0.2) is 27.8 Å². The van der Waals surface area contributed by atoms with Crippen LogP contribution in [0, 0.1) is 13.8 Å². The molecule has 0 aliphatic carbocycles. The maximum atomic E-state index is 13.0. The van der Waals surface area contributed by atoms with Crippen molar-refractivity contribution in [1.82, 2.24) is 18.8 Å². The quantitative estimate of drug-likeness (QED) is 0.701. The fourth-order valence-electron chi connectivity index (χ4n) is 3.49. The van der Waals surface area contributed by atoms with Gasteiger partial charge in [-0.3, -0.25) is 14.2 Å². The maximum absolute atomic E-state index is 13.0. The van der Waals surface area contributed by atoms with E-state index in [9.17, 15) is 14.4 Å². The molecule has 1 saturated heterocycles. The summed E-state index contributed by atoms with van der Waals surface area (Å²) in [6.45, 7) is 6.76. The van der Waals surface area contributed by atoms with Crippen molar-refractivity contribution in [3.63, 3.8) is 0 Å². The zero-order valence-electron chi connectivity index (χ0n) is 16.0. The average molecular weight is 399 g/mol. The molecule has 1 aliphatic rings. The van der Waals surface area contributed by atoms with E-state index in [1.807, 2.05) is 0 Å². The second kappa shape index (κ2) is 6.90. The number of aromatic nitrogens is 3. The molecular weight excluding hydrogens is 378 g/mol. The minimum absolute atomic E-state index is 0.129. The van der Waals surface area contributed by atoms with Crippen LogP contribution in [-0.2, 0) is 7.05 Å². The fourth-order valence-corrected chi connectivity index (χ4v) is 4.29. The second-order valence-corrected chi connectivity index (χ2v) is 7.87. The highest BCUT2D eigenvalue weighted by Gasteiger charge is 2.27. The molecule has 3 heterocycles. The molecule has 0 spiro atoms. The molecule has 28 heavy (non-hydrogen) atoms. The number of piperazine rings is 1. The largest absolute Gasteiger partial charge is 0.368 e. The molecule has 8 nitrogen and oxygen atoms in total. The third kappa shape index (κ3) is 3.01. The third-order valence-corrected chi connectivity index (χ3v) is 6.04. The first-order chi connectivity index (χ1) is 13.4. The summed E-state index contributed by atoms with van der Waals surface area (Å²) in [7, 11) is 1.38. The van der Waals surface area contributed by atoms with Gasteiger partial charge in [0.2, 0.25) is 0 Å². The molecule has 1 N–H and O–H groups in total. The van der Waals surface area contributed by atoms with Gasteiger partial charge in [0, 0.05) is 38.9 Å². The number of nitrogens with zero attached hydrogens (tertiary/aromatic N) is 4. The van der Waals surface area contributed by atoms with Crippen molar-refractivity contribution in [2.45, 2.75) is 13.8 Å². The predicted molar refractivity (Wildman–Crippen MR) is 110 cm³/mol. The number of amides is 1. The van der Waals surface area contributed by atoms with Gasteiger partial charge in [-0.15, -0.1) is 0 Å². The Morgan fingerprint density at radius 1 is 1.14 bits per heavy atom. The molecule has 3 aromatic rings. The molecule has 1 fully saturated rings. The second-order valence-electron chi connectivity index (χ2n) is 7.10. The van der Waals surface area contributed by atoms with Crippen LogP contribution in [-0.4, -0.2) is 50.9 Å². The number of rotatable bonds is 2. The summed E-state index contributed by atoms with van der Waals surface area (Å²) in [5, 5.41) is 0. The normalized spacial score (nSPS) is 14.7. The summed E-state index contributed by atoms with van der Waals surface area (Å²) in [6, 6.07) is 6.38. The first-order valence-electron chi connectivity index (χ1n) is 9.07. The van der Waals surface area contributed by atoms with Gasteiger partial charge >= 0.3 is 5.69 Å². The van der Waals surface area contributed by atoms with E-state index < -0.39 is 11.2 Å². The molecule has 2 aromatic heterocycles. The number of fused-ring (bicyclic) bond motifs is 1. The number of hydrogen-bond acceptors (Lipinski definition) is 6. The highest BCUT2D eigenvalue weighted by Crippen LogP contribution is 2.24. The molecule has 0 unspecified atom stereocenters. The van der Waals surface area contributed by atoms with Crippen molar-refractivity contribution in [2.75, 3.05) is 31.1 Å². The van der Waals surface area contributed by atoms with Crippen LogP contribution in [0.2, 0.25) is 0 Å². The van der Waals surface area contributed by atoms with Crippen molar-refractivity contribution >= 4 is 34.2 Å². The van der Waals surface area contributed by atoms with Crippen molar-refractivity contribution in [2.24, 2.45) is 7.05 Å². The smallest absolute Gasteiger partial charge is 0.328 e. The van der Waals surface area contributed by atoms with Crippen LogP contribution in [0.25, 0.3) is 11.0 Å². The van der Waals surface area contributed by atoms with E-state index in [-0.39, 0.29) is 16.9 Å². The standard InChI is InChI=1S/C19H21N5O3S/c1-11-4-5-12(2)13(10-11)23-6-8-24(9-7-23)18(26)16-14-15(21-28-16)17(25)22(3)19(27)20-14/h4-5,10H,6-9H2,1-3H3,(H,20,27). The van der Waals surface area contributed by atoms with E-state index in [1.165, 1.54) is 23.9 Å². The maximum Gasteiger partial charge on any atom is 0.328 e. The molecule has 0 bridgehead atoms. The summed E-state index contributed by atoms with van der Waals surface area (Å²) in [6.07, 6.45) is 0. The van der Waals surface area contributed by atoms with Crippen molar-refractivity contribution in [3.8, 4) is 0 Å². The summed E-state index contributed by atoms with van der Waals surface area (Å²) in [5.41, 5.74) is 2.95. The van der Waals surface area contributed by atoms with Crippen LogP contribution in [0.5, 0.6) is 0 Å². The van der Waals surface area contributed by atoms with Gasteiger partial charge < -0.3 is 14.8 Å². The monoisotopic (exact) mass is 399 g/mol. The topological polar surface area (TPSA) is 91.3 Å². The Bertz CT molecular complexity index is 1180. The molecule has 0 atom stereocenters. The fraction of sp³-hybridized carbons (Fsp3) is 0.368. The van der Waals surface area contributed by atoms with E-state index >= 15 is 0 Å². The number of nitrogens with one attached hydrogen (secondary N) is 1. The Hall–Kier alpha value is -2.94. The van der Waals surface area contributed by atoms with E-state index in [2.05, 4.69) is 46.3 Å². The Morgan fingerprint density at radius 3 is 2.57 bits per heavy atom. The minimum Gasteiger partial charge on any atom is -0.368 e. The number of H-pyrrole nitrogens is 1. The number of aryl methyl sites for hydroxylation is 2. The number of anilines is 1. The molecule has 146 valence electrons. The number of hydrogen-bond donors (Lipinski definition) is 1. The van der Waals surface area contributed by atoms with Gasteiger partial charge in [0.15, 0.2) is 5.52 Å². The lowest BCUT2D eigenvalue weighted by atomic mass is 10.1. The number of carbonyl (C=O) groups excluding carboxylic acids is 1. The molecular formula is C19H21N5O3S. The molecule has 0 radical (unpaired) electrons. The Balaban J connectivity index is 1.57. The van der Waals surface area contributed by atoms with Crippen LogP contribution in [0.4, 0.5) is 5.69 Å². The van der Waals surface area contributed by atoms with Crippen molar-refractivity contribution < 1.29 is 4.79 Å². The van der Waals surface area contributed by atoms with Gasteiger partial charge in [-0.25, -0.2) is 4.79 Å².